The van der Waals surface area contributed by atoms with Crippen LogP contribution in [0.25, 0.3) is 4.96 Å². The Labute approximate surface area is 112 Å². The van der Waals surface area contributed by atoms with Crippen molar-refractivity contribution < 1.29 is 0 Å². The van der Waals surface area contributed by atoms with Gasteiger partial charge in [0.05, 0.1) is 5.69 Å². The van der Waals surface area contributed by atoms with Crippen LogP contribution in [0, 0.1) is 5.92 Å². The summed E-state index contributed by atoms with van der Waals surface area (Å²) in [5, 5.41) is 5.51. The predicted molar refractivity (Wildman–Crippen MR) is 76.4 cm³/mol. The zero-order chi connectivity index (χ0) is 12.5. The summed E-state index contributed by atoms with van der Waals surface area (Å²) in [4.78, 5) is 8.19. The highest BCUT2D eigenvalue weighted by molar-refractivity contribution is 7.15. The molecule has 2 aromatic heterocycles. The van der Waals surface area contributed by atoms with E-state index in [9.17, 15) is 0 Å². The van der Waals surface area contributed by atoms with E-state index in [0.29, 0.717) is 0 Å². The Morgan fingerprint density at radius 2 is 2.39 bits per heavy atom. The van der Waals surface area contributed by atoms with Crippen LogP contribution in [0.4, 0.5) is 5.82 Å². The molecule has 0 amide bonds. The summed E-state index contributed by atoms with van der Waals surface area (Å²) in [6.45, 7) is 5.16. The van der Waals surface area contributed by atoms with E-state index in [2.05, 4.69) is 40.2 Å². The van der Waals surface area contributed by atoms with E-state index in [1.54, 1.807) is 11.3 Å². The molecular weight excluding hydrogens is 244 g/mol. The molecule has 1 aliphatic rings. The molecule has 0 aromatic carbocycles. The van der Waals surface area contributed by atoms with Crippen LogP contribution in [-0.4, -0.2) is 29.5 Å². The fraction of sp³-hybridized carbons (Fsp3) is 0.615. The van der Waals surface area contributed by atoms with Crippen molar-refractivity contribution in [2.75, 3.05) is 25.0 Å². The monoisotopic (exact) mass is 264 g/mol. The average Bonchev–Trinajstić information content (AvgIpc) is 2.92. The van der Waals surface area contributed by atoms with Crippen LogP contribution in [0.5, 0.6) is 0 Å². The first-order valence-corrected chi connectivity index (χ1v) is 7.53. The molecule has 0 aliphatic heterocycles. The Hall–Kier alpha value is -1.07. The summed E-state index contributed by atoms with van der Waals surface area (Å²) in [5.74, 6) is 2.04. The SMILES string of the molecule is CCNCc1c(N(C)CC2CC2)nc2sccn12. The third-order valence-corrected chi connectivity index (χ3v) is 4.23. The van der Waals surface area contributed by atoms with Gasteiger partial charge >= 0.3 is 0 Å². The van der Waals surface area contributed by atoms with Gasteiger partial charge in [-0.2, -0.15) is 0 Å². The summed E-state index contributed by atoms with van der Waals surface area (Å²) >= 11 is 1.71. The lowest BCUT2D eigenvalue weighted by molar-refractivity contribution is 0.698. The predicted octanol–water partition coefficient (Wildman–Crippen LogP) is 2.35. The molecule has 1 fully saturated rings. The van der Waals surface area contributed by atoms with E-state index in [1.165, 1.54) is 18.5 Å². The molecule has 3 rings (SSSR count). The van der Waals surface area contributed by atoms with Crippen molar-refractivity contribution in [3.05, 3.63) is 17.3 Å². The minimum absolute atomic E-state index is 0.888. The number of anilines is 1. The summed E-state index contributed by atoms with van der Waals surface area (Å²) in [5.41, 5.74) is 1.29. The maximum Gasteiger partial charge on any atom is 0.195 e. The number of nitrogens with zero attached hydrogens (tertiary/aromatic N) is 3. The molecule has 0 atom stereocenters. The lowest BCUT2D eigenvalue weighted by Crippen LogP contribution is -2.23. The van der Waals surface area contributed by atoms with Crippen LogP contribution in [0.15, 0.2) is 11.6 Å². The second-order valence-corrected chi connectivity index (χ2v) is 5.91. The minimum atomic E-state index is 0.888. The lowest BCUT2D eigenvalue weighted by Gasteiger charge is -2.18. The molecule has 0 saturated heterocycles. The molecule has 0 unspecified atom stereocenters. The Morgan fingerprint density at radius 1 is 1.56 bits per heavy atom. The van der Waals surface area contributed by atoms with E-state index in [-0.39, 0.29) is 0 Å². The molecule has 1 saturated carbocycles. The van der Waals surface area contributed by atoms with Gasteiger partial charge in [-0.05, 0) is 25.3 Å². The van der Waals surface area contributed by atoms with Crippen molar-refractivity contribution in [1.29, 1.82) is 0 Å². The Bertz CT molecular complexity index is 526. The molecule has 2 heterocycles. The molecule has 0 bridgehead atoms. The van der Waals surface area contributed by atoms with Crippen molar-refractivity contribution in [3.63, 3.8) is 0 Å². The van der Waals surface area contributed by atoms with Crippen molar-refractivity contribution in [2.45, 2.75) is 26.3 Å². The van der Waals surface area contributed by atoms with Crippen molar-refractivity contribution >= 4 is 22.1 Å². The van der Waals surface area contributed by atoms with Gasteiger partial charge in [0.2, 0.25) is 0 Å². The van der Waals surface area contributed by atoms with Gasteiger partial charge < -0.3 is 10.2 Å². The highest BCUT2D eigenvalue weighted by Gasteiger charge is 2.25. The first-order valence-electron chi connectivity index (χ1n) is 6.66. The largest absolute Gasteiger partial charge is 0.358 e. The van der Waals surface area contributed by atoms with Crippen LogP contribution in [-0.2, 0) is 6.54 Å². The average molecular weight is 264 g/mol. The Kier molecular flexibility index (Phi) is 3.26. The third kappa shape index (κ3) is 2.24. The van der Waals surface area contributed by atoms with Crippen LogP contribution in [0.1, 0.15) is 25.5 Å². The van der Waals surface area contributed by atoms with Crippen LogP contribution >= 0.6 is 11.3 Å². The van der Waals surface area contributed by atoms with E-state index in [4.69, 9.17) is 4.98 Å². The normalized spacial score (nSPS) is 15.4. The lowest BCUT2D eigenvalue weighted by atomic mass is 10.3. The molecule has 2 aromatic rings. The highest BCUT2D eigenvalue weighted by atomic mass is 32.1. The van der Waals surface area contributed by atoms with Gasteiger partial charge in [0, 0.05) is 31.7 Å². The van der Waals surface area contributed by atoms with Gasteiger partial charge in [0.25, 0.3) is 0 Å². The van der Waals surface area contributed by atoms with Gasteiger partial charge in [0.1, 0.15) is 0 Å². The zero-order valence-electron chi connectivity index (χ0n) is 11.0. The summed E-state index contributed by atoms with van der Waals surface area (Å²) in [7, 11) is 2.17. The third-order valence-electron chi connectivity index (χ3n) is 3.47. The zero-order valence-corrected chi connectivity index (χ0v) is 11.8. The molecule has 0 radical (unpaired) electrons. The second kappa shape index (κ2) is 4.90. The molecule has 18 heavy (non-hydrogen) atoms. The van der Waals surface area contributed by atoms with E-state index in [1.807, 2.05) is 0 Å². The molecule has 98 valence electrons. The fourth-order valence-corrected chi connectivity index (χ4v) is 3.04. The van der Waals surface area contributed by atoms with Crippen molar-refractivity contribution in [2.24, 2.45) is 5.92 Å². The number of rotatable bonds is 6. The van der Waals surface area contributed by atoms with Gasteiger partial charge in [0.15, 0.2) is 10.8 Å². The fourth-order valence-electron chi connectivity index (χ4n) is 2.31. The van der Waals surface area contributed by atoms with Crippen molar-refractivity contribution in [3.8, 4) is 0 Å². The molecule has 5 heteroatoms. The standard InChI is InChI=1S/C13H20N4S/c1-3-14-8-11-12(16(2)9-10-4-5-10)15-13-17(11)6-7-18-13/h6-7,10,14H,3-5,8-9H2,1-2H3. The molecular formula is C13H20N4S. The maximum absolute atomic E-state index is 4.77. The molecule has 4 nitrogen and oxygen atoms in total. The van der Waals surface area contributed by atoms with Crippen LogP contribution < -0.4 is 10.2 Å². The first kappa shape index (κ1) is 12.0. The summed E-state index contributed by atoms with van der Waals surface area (Å²) in [6.07, 6.45) is 4.89. The number of aromatic nitrogens is 2. The second-order valence-electron chi connectivity index (χ2n) is 5.04. The van der Waals surface area contributed by atoms with Gasteiger partial charge in [-0.25, -0.2) is 4.98 Å². The summed E-state index contributed by atoms with van der Waals surface area (Å²) in [6, 6.07) is 0. The van der Waals surface area contributed by atoms with Crippen molar-refractivity contribution in [1.82, 2.24) is 14.7 Å². The Balaban J connectivity index is 1.89. The Morgan fingerprint density at radius 3 is 3.11 bits per heavy atom. The van der Waals surface area contributed by atoms with Gasteiger partial charge in [-0.15, -0.1) is 11.3 Å². The number of hydrogen-bond donors (Lipinski definition) is 1. The molecule has 0 spiro atoms. The van der Waals surface area contributed by atoms with Crippen LogP contribution in [0.2, 0.25) is 0 Å². The highest BCUT2D eigenvalue weighted by Crippen LogP contribution is 2.32. The first-order chi connectivity index (χ1) is 8.79. The topological polar surface area (TPSA) is 32.6 Å². The number of hydrogen-bond acceptors (Lipinski definition) is 4. The summed E-state index contributed by atoms with van der Waals surface area (Å²) < 4.78 is 2.21. The van der Waals surface area contributed by atoms with E-state index < -0.39 is 0 Å². The minimum Gasteiger partial charge on any atom is -0.358 e. The van der Waals surface area contributed by atoms with E-state index in [0.717, 1.165) is 36.3 Å². The smallest absolute Gasteiger partial charge is 0.195 e. The molecule has 1 aliphatic carbocycles. The maximum atomic E-state index is 4.77. The number of imidazole rings is 1. The van der Waals surface area contributed by atoms with E-state index >= 15 is 0 Å². The molecule has 1 N–H and O–H groups in total. The van der Waals surface area contributed by atoms with Gasteiger partial charge in [-0.1, -0.05) is 6.92 Å². The van der Waals surface area contributed by atoms with Crippen LogP contribution in [0.3, 0.4) is 0 Å². The number of thiazole rings is 1. The number of nitrogens with one attached hydrogen (secondary N) is 1. The quantitative estimate of drug-likeness (QED) is 0.869. The number of fused-ring (bicyclic) bond motifs is 1. The van der Waals surface area contributed by atoms with Gasteiger partial charge in [-0.3, -0.25) is 4.40 Å².